The van der Waals surface area contributed by atoms with E-state index < -0.39 is 20.4 Å². The maximum atomic E-state index is 11.6. The molecular weight excluding hydrogens is 192 g/mol. The molecule has 6 heteroatoms. The van der Waals surface area contributed by atoms with Crippen LogP contribution in [0.1, 0.15) is 19.8 Å². The van der Waals surface area contributed by atoms with Gasteiger partial charge in [-0.3, -0.25) is 4.57 Å². The van der Waals surface area contributed by atoms with Crippen LogP contribution in [0.4, 0.5) is 13.2 Å². The summed E-state index contributed by atoms with van der Waals surface area (Å²) in [5.41, 5.74) is 0. The summed E-state index contributed by atoms with van der Waals surface area (Å²) in [7, 11) is -2.89. The molecule has 12 heavy (non-hydrogen) atoms. The molecule has 0 aliphatic heterocycles. The van der Waals surface area contributed by atoms with Crippen LogP contribution in [0, 0.1) is 0 Å². The maximum Gasteiger partial charge on any atom is 0.397 e. The Morgan fingerprint density at radius 1 is 1.42 bits per heavy atom. The van der Waals surface area contributed by atoms with Crippen LogP contribution in [-0.2, 0) is 9.09 Å². The van der Waals surface area contributed by atoms with Gasteiger partial charge in [0.2, 0.25) is 8.03 Å². The Morgan fingerprint density at radius 3 is 2.42 bits per heavy atom. The fraction of sp³-hybridized carbons (Fsp3) is 1.00. The first-order chi connectivity index (χ1) is 5.45. The average Bonchev–Trinajstić information content (AvgIpc) is 1.84. The van der Waals surface area contributed by atoms with Crippen molar-refractivity contribution in [2.24, 2.45) is 0 Å². The van der Waals surface area contributed by atoms with Gasteiger partial charge >= 0.3 is 6.18 Å². The van der Waals surface area contributed by atoms with Gasteiger partial charge in [0, 0.05) is 0 Å². The normalized spacial score (nSPS) is 14.7. The highest BCUT2D eigenvalue weighted by atomic mass is 31.1. The number of halogens is 3. The van der Waals surface area contributed by atoms with Gasteiger partial charge in [0.25, 0.3) is 0 Å². The number of hydrogen-bond donors (Lipinski definition) is 0. The van der Waals surface area contributed by atoms with Gasteiger partial charge in [-0.1, -0.05) is 13.3 Å². The first-order valence-electron chi connectivity index (χ1n) is 3.68. The van der Waals surface area contributed by atoms with E-state index in [0.29, 0.717) is 6.42 Å². The Balaban J connectivity index is 3.47. The van der Waals surface area contributed by atoms with Gasteiger partial charge in [0.05, 0.1) is 6.61 Å². The molecule has 2 nitrogen and oxygen atoms in total. The first-order valence-corrected chi connectivity index (χ1v) is 5.20. The zero-order valence-corrected chi connectivity index (χ0v) is 7.78. The molecule has 0 fully saturated rings. The fourth-order valence-electron chi connectivity index (χ4n) is 0.545. The van der Waals surface area contributed by atoms with Crippen LogP contribution in [0.15, 0.2) is 0 Å². The lowest BCUT2D eigenvalue weighted by molar-refractivity contribution is -0.107. The summed E-state index contributed by atoms with van der Waals surface area (Å²) in [5.74, 6) is 0. The lowest BCUT2D eigenvalue weighted by atomic mass is 10.4. The Bertz CT molecular complexity index is 146. The highest BCUT2D eigenvalue weighted by Gasteiger charge is 2.30. The molecular formula is C6H12F3O2P. The van der Waals surface area contributed by atoms with Crippen molar-refractivity contribution < 1.29 is 22.3 Å². The molecule has 0 spiro atoms. The number of rotatable bonds is 5. The fourth-order valence-corrected chi connectivity index (χ4v) is 1.35. The summed E-state index contributed by atoms with van der Waals surface area (Å²) in [6, 6.07) is 0. The summed E-state index contributed by atoms with van der Waals surface area (Å²) in [5, 5.41) is 0. The molecule has 0 aromatic carbocycles. The summed E-state index contributed by atoms with van der Waals surface area (Å²) < 4.78 is 49.7. The van der Waals surface area contributed by atoms with E-state index in [1.807, 2.05) is 6.92 Å². The van der Waals surface area contributed by atoms with E-state index in [0.717, 1.165) is 6.42 Å². The quantitative estimate of drug-likeness (QED) is 0.508. The number of alkyl halides is 3. The molecule has 0 aliphatic carbocycles. The lowest BCUT2D eigenvalue weighted by Crippen LogP contribution is -2.11. The molecule has 0 radical (unpaired) electrons. The molecule has 74 valence electrons. The van der Waals surface area contributed by atoms with Crippen molar-refractivity contribution in [3.05, 3.63) is 0 Å². The van der Waals surface area contributed by atoms with E-state index in [1.165, 1.54) is 0 Å². The molecule has 0 rings (SSSR count). The minimum Gasteiger partial charge on any atom is -0.330 e. The summed E-state index contributed by atoms with van der Waals surface area (Å²) >= 11 is 0. The van der Waals surface area contributed by atoms with Gasteiger partial charge in [-0.2, -0.15) is 13.2 Å². The van der Waals surface area contributed by atoms with Crippen molar-refractivity contribution in [1.82, 2.24) is 0 Å². The van der Waals surface area contributed by atoms with E-state index in [2.05, 4.69) is 4.52 Å². The lowest BCUT2D eigenvalue weighted by Gasteiger charge is -2.06. The SMILES string of the molecule is CCCCO[PH](=O)CC(F)(F)F. The largest absolute Gasteiger partial charge is 0.397 e. The van der Waals surface area contributed by atoms with Crippen LogP contribution < -0.4 is 0 Å². The zero-order valence-electron chi connectivity index (χ0n) is 6.78. The molecule has 0 saturated heterocycles. The summed E-state index contributed by atoms with van der Waals surface area (Å²) in [4.78, 5) is 0. The molecule has 0 bridgehead atoms. The molecule has 1 unspecified atom stereocenters. The van der Waals surface area contributed by atoms with Crippen LogP contribution in [0.2, 0.25) is 0 Å². The topological polar surface area (TPSA) is 26.3 Å². The van der Waals surface area contributed by atoms with E-state index in [1.54, 1.807) is 0 Å². The highest BCUT2D eigenvalue weighted by Crippen LogP contribution is 2.31. The molecule has 0 aliphatic rings. The Kier molecular flexibility index (Phi) is 5.59. The minimum atomic E-state index is -4.37. The van der Waals surface area contributed by atoms with Gasteiger partial charge in [0.15, 0.2) is 0 Å². The monoisotopic (exact) mass is 204 g/mol. The third kappa shape index (κ3) is 8.08. The van der Waals surface area contributed by atoms with E-state index in [4.69, 9.17) is 0 Å². The first kappa shape index (κ1) is 12.0. The van der Waals surface area contributed by atoms with Crippen LogP contribution >= 0.6 is 8.03 Å². The number of hydrogen-bond acceptors (Lipinski definition) is 2. The molecule has 0 heterocycles. The Morgan fingerprint density at radius 2 is 2.00 bits per heavy atom. The van der Waals surface area contributed by atoms with Gasteiger partial charge in [0.1, 0.15) is 6.16 Å². The van der Waals surface area contributed by atoms with Crippen molar-refractivity contribution in [3.8, 4) is 0 Å². The third-order valence-electron chi connectivity index (χ3n) is 1.11. The second kappa shape index (κ2) is 5.60. The number of unbranched alkanes of at least 4 members (excludes halogenated alkanes) is 1. The summed E-state index contributed by atoms with van der Waals surface area (Å²) in [6.45, 7) is 2.04. The third-order valence-corrected chi connectivity index (χ3v) is 2.32. The molecule has 0 amide bonds. The highest BCUT2D eigenvalue weighted by molar-refractivity contribution is 7.39. The van der Waals surface area contributed by atoms with Crippen molar-refractivity contribution in [2.75, 3.05) is 12.8 Å². The van der Waals surface area contributed by atoms with Crippen molar-refractivity contribution >= 4 is 8.03 Å². The second-order valence-electron chi connectivity index (χ2n) is 2.37. The van der Waals surface area contributed by atoms with Crippen LogP contribution in [0.5, 0.6) is 0 Å². The molecule has 1 atom stereocenters. The maximum absolute atomic E-state index is 11.6. The molecule has 0 aromatic heterocycles. The molecule has 0 N–H and O–H groups in total. The zero-order chi connectivity index (χ0) is 9.61. The minimum absolute atomic E-state index is 0.157. The Labute approximate surface area is 70.0 Å². The van der Waals surface area contributed by atoms with E-state index in [-0.39, 0.29) is 6.61 Å². The smallest absolute Gasteiger partial charge is 0.330 e. The van der Waals surface area contributed by atoms with E-state index in [9.17, 15) is 17.7 Å². The van der Waals surface area contributed by atoms with Crippen LogP contribution in [0.3, 0.4) is 0 Å². The van der Waals surface area contributed by atoms with Crippen LogP contribution in [-0.4, -0.2) is 18.9 Å². The van der Waals surface area contributed by atoms with Gasteiger partial charge in [-0.05, 0) is 6.42 Å². The van der Waals surface area contributed by atoms with Crippen molar-refractivity contribution in [1.29, 1.82) is 0 Å². The van der Waals surface area contributed by atoms with Gasteiger partial charge in [-0.15, -0.1) is 0 Å². The van der Waals surface area contributed by atoms with Crippen LogP contribution in [0.25, 0.3) is 0 Å². The van der Waals surface area contributed by atoms with Gasteiger partial charge < -0.3 is 4.52 Å². The van der Waals surface area contributed by atoms with Gasteiger partial charge in [-0.25, -0.2) is 0 Å². The molecule has 0 saturated carbocycles. The standard InChI is InChI=1S/C6H12F3O2P/c1-2-3-4-11-12(10)5-6(7,8)9/h12H,2-5H2,1H3. The molecule has 0 aromatic rings. The summed E-state index contributed by atoms with van der Waals surface area (Å²) in [6.07, 6.45) is -4.21. The Hall–Kier alpha value is -0.0200. The predicted molar refractivity (Wildman–Crippen MR) is 40.8 cm³/mol. The second-order valence-corrected chi connectivity index (χ2v) is 3.75. The van der Waals surface area contributed by atoms with Crippen molar-refractivity contribution in [2.45, 2.75) is 25.9 Å². The van der Waals surface area contributed by atoms with E-state index >= 15 is 0 Å². The predicted octanol–water partition coefficient (Wildman–Crippen LogP) is 2.84. The van der Waals surface area contributed by atoms with Crippen molar-refractivity contribution in [3.63, 3.8) is 0 Å². The average molecular weight is 204 g/mol.